The van der Waals surface area contributed by atoms with Gasteiger partial charge in [0.1, 0.15) is 5.51 Å². The quantitative estimate of drug-likeness (QED) is 0.555. The predicted molar refractivity (Wildman–Crippen MR) is 51.1 cm³/mol. The highest BCUT2D eigenvalue weighted by molar-refractivity contribution is 7.13. The van der Waals surface area contributed by atoms with Crippen LogP contribution in [-0.2, 0) is 0 Å². The maximum Gasteiger partial charge on any atom is 0.205 e. The van der Waals surface area contributed by atoms with Gasteiger partial charge in [-0.1, -0.05) is 11.3 Å². The number of unbranched alkanes of at least 4 members (excludes halogenated alkanes) is 2. The average molecular weight is 181 g/mol. The smallest absolute Gasteiger partial charge is 0.205 e. The van der Waals surface area contributed by atoms with Gasteiger partial charge in [0, 0.05) is 13.0 Å². The maximum absolute atomic E-state index is 5.11. The molecule has 0 aliphatic rings. The molecule has 0 aliphatic carbocycles. The molecule has 4 heteroatoms. The van der Waals surface area contributed by atoms with Crippen LogP contribution in [0.1, 0.15) is 19.3 Å². The molecular weight excluding hydrogens is 170 g/mol. The summed E-state index contributed by atoms with van der Waals surface area (Å²) in [6.07, 6.45) is 8.13. The third kappa shape index (κ3) is 3.35. The van der Waals surface area contributed by atoms with Crippen LogP contribution in [0.2, 0.25) is 0 Å². The largest absolute Gasteiger partial charge is 0.360 e. The van der Waals surface area contributed by atoms with E-state index in [0.717, 1.165) is 30.9 Å². The zero-order valence-corrected chi connectivity index (χ0v) is 7.60. The average Bonchev–Trinajstić information content (AvgIpc) is 2.57. The molecule has 0 radical (unpaired) electrons. The summed E-state index contributed by atoms with van der Waals surface area (Å²) < 4.78 is 0. The van der Waals surface area contributed by atoms with Gasteiger partial charge in [0.15, 0.2) is 0 Å². The number of anilines is 1. The van der Waals surface area contributed by atoms with E-state index in [4.69, 9.17) is 6.42 Å². The summed E-state index contributed by atoms with van der Waals surface area (Å²) in [6.45, 7) is 0.927. The first-order chi connectivity index (χ1) is 5.93. The molecule has 1 heterocycles. The Labute approximate surface area is 76.2 Å². The van der Waals surface area contributed by atoms with E-state index in [-0.39, 0.29) is 0 Å². The Bertz CT molecular complexity index is 237. The van der Waals surface area contributed by atoms with Crippen LogP contribution in [0.4, 0.5) is 5.13 Å². The lowest BCUT2D eigenvalue weighted by atomic mass is 10.2. The Kier molecular flexibility index (Phi) is 4.17. The van der Waals surface area contributed by atoms with E-state index in [0.29, 0.717) is 0 Å². The second-order valence-corrected chi connectivity index (χ2v) is 3.17. The van der Waals surface area contributed by atoms with Crippen molar-refractivity contribution in [1.82, 2.24) is 10.2 Å². The molecular formula is C8H11N3S. The predicted octanol–water partition coefficient (Wildman–Crippen LogP) is 1.75. The molecule has 1 aromatic rings. The van der Waals surface area contributed by atoms with Crippen molar-refractivity contribution in [2.24, 2.45) is 0 Å². The van der Waals surface area contributed by atoms with Crippen molar-refractivity contribution < 1.29 is 0 Å². The number of nitrogens with one attached hydrogen (secondary N) is 1. The third-order valence-electron chi connectivity index (χ3n) is 1.38. The van der Waals surface area contributed by atoms with E-state index in [9.17, 15) is 0 Å². The summed E-state index contributed by atoms with van der Waals surface area (Å²) in [4.78, 5) is 0. The molecule has 0 aromatic carbocycles. The third-order valence-corrected chi connectivity index (χ3v) is 2.03. The number of hydrogen-bond donors (Lipinski definition) is 1. The van der Waals surface area contributed by atoms with Crippen LogP contribution in [0.25, 0.3) is 0 Å². The molecule has 64 valence electrons. The second kappa shape index (κ2) is 5.56. The Morgan fingerprint density at radius 3 is 3.17 bits per heavy atom. The highest BCUT2D eigenvalue weighted by atomic mass is 32.1. The molecule has 1 rings (SSSR count). The highest BCUT2D eigenvalue weighted by Gasteiger charge is 1.92. The van der Waals surface area contributed by atoms with Gasteiger partial charge >= 0.3 is 0 Å². The van der Waals surface area contributed by atoms with Crippen molar-refractivity contribution in [3.8, 4) is 12.3 Å². The minimum atomic E-state index is 0.859. The van der Waals surface area contributed by atoms with E-state index in [2.05, 4.69) is 21.4 Å². The molecule has 12 heavy (non-hydrogen) atoms. The van der Waals surface area contributed by atoms with E-state index in [1.165, 1.54) is 11.3 Å². The molecule has 1 aromatic heterocycles. The van der Waals surface area contributed by atoms with Gasteiger partial charge in [0.05, 0.1) is 0 Å². The monoisotopic (exact) mass is 181 g/mol. The summed E-state index contributed by atoms with van der Waals surface area (Å²) in [5, 5.41) is 11.6. The van der Waals surface area contributed by atoms with Crippen LogP contribution in [0.5, 0.6) is 0 Å². The lowest BCUT2D eigenvalue weighted by Gasteiger charge is -1.98. The number of nitrogens with zero attached hydrogens (tertiary/aromatic N) is 2. The van der Waals surface area contributed by atoms with Crippen LogP contribution in [0.3, 0.4) is 0 Å². The molecule has 0 atom stereocenters. The summed E-state index contributed by atoms with van der Waals surface area (Å²) in [5.74, 6) is 2.61. The van der Waals surface area contributed by atoms with Crippen LogP contribution >= 0.6 is 11.3 Å². The molecule has 0 fully saturated rings. The molecule has 0 amide bonds. The Morgan fingerprint density at radius 2 is 2.50 bits per heavy atom. The zero-order chi connectivity index (χ0) is 8.65. The highest BCUT2D eigenvalue weighted by Crippen LogP contribution is 2.07. The minimum Gasteiger partial charge on any atom is -0.360 e. The molecule has 0 aliphatic heterocycles. The second-order valence-electron chi connectivity index (χ2n) is 2.33. The molecule has 0 unspecified atom stereocenters. The van der Waals surface area contributed by atoms with Gasteiger partial charge < -0.3 is 5.32 Å². The van der Waals surface area contributed by atoms with Gasteiger partial charge in [-0.2, -0.15) is 0 Å². The molecule has 0 saturated carbocycles. The van der Waals surface area contributed by atoms with E-state index < -0.39 is 0 Å². The number of hydrogen-bond acceptors (Lipinski definition) is 4. The van der Waals surface area contributed by atoms with Crippen molar-refractivity contribution in [2.75, 3.05) is 11.9 Å². The SMILES string of the molecule is C#CCCCCNc1nncs1. The van der Waals surface area contributed by atoms with Gasteiger partial charge in [-0.05, 0) is 12.8 Å². The Balaban J connectivity index is 2.01. The lowest BCUT2D eigenvalue weighted by molar-refractivity contribution is 0.788. The first-order valence-electron chi connectivity index (χ1n) is 3.87. The molecule has 0 spiro atoms. The summed E-state index contributed by atoms with van der Waals surface area (Å²) in [7, 11) is 0. The van der Waals surface area contributed by atoms with Gasteiger partial charge in [-0.15, -0.1) is 22.5 Å². The standard InChI is InChI=1S/C8H11N3S/c1-2-3-4-5-6-9-8-11-10-7-12-8/h1,7H,3-6H2,(H,9,11). The van der Waals surface area contributed by atoms with Gasteiger partial charge in [-0.3, -0.25) is 0 Å². The first kappa shape index (κ1) is 9.01. The van der Waals surface area contributed by atoms with Crippen molar-refractivity contribution in [3.05, 3.63) is 5.51 Å². The molecule has 1 N–H and O–H groups in total. The maximum atomic E-state index is 5.11. The fraction of sp³-hybridized carbons (Fsp3) is 0.500. The van der Waals surface area contributed by atoms with Crippen LogP contribution < -0.4 is 5.32 Å². The number of terminal acetylenes is 1. The topological polar surface area (TPSA) is 37.8 Å². The molecule has 0 saturated heterocycles. The minimum absolute atomic E-state index is 0.859. The lowest BCUT2D eigenvalue weighted by Crippen LogP contribution is -2.00. The summed E-state index contributed by atoms with van der Waals surface area (Å²) in [5.41, 5.74) is 1.71. The first-order valence-corrected chi connectivity index (χ1v) is 4.75. The van der Waals surface area contributed by atoms with Gasteiger partial charge in [0.25, 0.3) is 0 Å². The van der Waals surface area contributed by atoms with Crippen molar-refractivity contribution in [2.45, 2.75) is 19.3 Å². The van der Waals surface area contributed by atoms with E-state index in [1.807, 2.05) is 0 Å². The summed E-state index contributed by atoms with van der Waals surface area (Å²) >= 11 is 1.51. The van der Waals surface area contributed by atoms with E-state index in [1.54, 1.807) is 5.51 Å². The number of rotatable bonds is 5. The molecule has 3 nitrogen and oxygen atoms in total. The van der Waals surface area contributed by atoms with Gasteiger partial charge in [0.2, 0.25) is 5.13 Å². The zero-order valence-electron chi connectivity index (χ0n) is 6.79. The number of aromatic nitrogens is 2. The van der Waals surface area contributed by atoms with Crippen LogP contribution in [0, 0.1) is 12.3 Å². The van der Waals surface area contributed by atoms with Crippen molar-refractivity contribution in [3.63, 3.8) is 0 Å². The fourth-order valence-electron chi connectivity index (χ4n) is 0.797. The Hall–Kier alpha value is -1.08. The fourth-order valence-corrected chi connectivity index (χ4v) is 1.27. The normalized spacial score (nSPS) is 9.25. The summed E-state index contributed by atoms with van der Waals surface area (Å²) in [6, 6.07) is 0. The Morgan fingerprint density at radius 1 is 1.58 bits per heavy atom. The van der Waals surface area contributed by atoms with E-state index >= 15 is 0 Å². The van der Waals surface area contributed by atoms with Crippen molar-refractivity contribution >= 4 is 16.5 Å². The molecule has 0 bridgehead atoms. The van der Waals surface area contributed by atoms with Crippen molar-refractivity contribution in [1.29, 1.82) is 0 Å². The van der Waals surface area contributed by atoms with Crippen LogP contribution in [-0.4, -0.2) is 16.7 Å². The van der Waals surface area contributed by atoms with Crippen LogP contribution in [0.15, 0.2) is 5.51 Å². The van der Waals surface area contributed by atoms with Gasteiger partial charge in [-0.25, -0.2) is 0 Å².